The van der Waals surface area contributed by atoms with E-state index in [4.69, 9.17) is 16.9 Å². The molecule has 2 heterocycles. The molecule has 0 spiro atoms. The van der Waals surface area contributed by atoms with Crippen molar-refractivity contribution in [3.05, 3.63) is 89.3 Å². The number of aromatic nitrogens is 1. The molecule has 3 aromatic rings. The van der Waals surface area contributed by atoms with Crippen LogP contribution in [0.25, 0.3) is 0 Å². The topological polar surface area (TPSA) is 106 Å². The zero-order valence-corrected chi connectivity index (χ0v) is 23.3. The van der Waals surface area contributed by atoms with Crippen molar-refractivity contribution < 1.29 is 27.6 Å². The summed E-state index contributed by atoms with van der Waals surface area (Å²) >= 11 is 5.54. The van der Waals surface area contributed by atoms with Crippen LogP contribution in [0.2, 0.25) is 5.02 Å². The number of benzene rings is 2. The van der Waals surface area contributed by atoms with E-state index in [1.165, 1.54) is 18.2 Å². The third-order valence-electron chi connectivity index (χ3n) is 6.24. The van der Waals surface area contributed by atoms with E-state index in [-0.39, 0.29) is 31.0 Å². The van der Waals surface area contributed by atoms with Crippen LogP contribution in [0.3, 0.4) is 0 Å². The minimum Gasteiger partial charge on any atom is -0.351 e. The molecule has 0 bridgehead atoms. The number of amides is 3. The van der Waals surface area contributed by atoms with Gasteiger partial charge < -0.3 is 10.2 Å². The van der Waals surface area contributed by atoms with Crippen LogP contribution in [0.5, 0.6) is 0 Å². The third kappa shape index (κ3) is 10.2. The highest BCUT2D eigenvalue weighted by Crippen LogP contribution is 2.37. The van der Waals surface area contributed by atoms with Crippen molar-refractivity contribution in [1.29, 1.82) is 5.26 Å². The van der Waals surface area contributed by atoms with Gasteiger partial charge in [0.05, 0.1) is 11.6 Å². The van der Waals surface area contributed by atoms with Crippen molar-refractivity contribution in [3.8, 4) is 6.07 Å². The van der Waals surface area contributed by atoms with E-state index in [0.29, 0.717) is 30.8 Å². The number of alkyl halides is 2. The number of nitrogens with zero attached hydrogens (tertiary/aromatic N) is 4. The summed E-state index contributed by atoms with van der Waals surface area (Å²) < 4.78 is 38.3. The highest BCUT2D eigenvalue weighted by atomic mass is 35.5. The monoisotopic (exact) mass is 599 g/mol. The first-order valence-corrected chi connectivity index (χ1v) is 13.5. The van der Waals surface area contributed by atoms with Gasteiger partial charge in [-0.2, -0.15) is 5.26 Å². The SMILES string of the molecule is Clc1ccccc1.N#Cc1ccnc(N2CCCCC2=O)c1.O=CN(CC(=O)NC1CC(F)(F)C1)c1cccc(F)c1. The van der Waals surface area contributed by atoms with E-state index < -0.39 is 23.7 Å². The van der Waals surface area contributed by atoms with Crippen molar-refractivity contribution in [3.63, 3.8) is 0 Å². The quantitative estimate of drug-likeness (QED) is 0.376. The van der Waals surface area contributed by atoms with E-state index >= 15 is 0 Å². The molecule has 8 nitrogen and oxygen atoms in total. The Morgan fingerprint density at radius 2 is 1.88 bits per heavy atom. The lowest BCUT2D eigenvalue weighted by Crippen LogP contribution is -2.52. The molecule has 5 rings (SSSR count). The van der Waals surface area contributed by atoms with E-state index in [0.717, 1.165) is 28.8 Å². The van der Waals surface area contributed by atoms with Crippen molar-refractivity contribution in [2.24, 2.45) is 0 Å². The molecular weight excluding hydrogens is 571 g/mol. The molecule has 1 aromatic heterocycles. The van der Waals surface area contributed by atoms with E-state index in [1.807, 2.05) is 36.4 Å². The van der Waals surface area contributed by atoms with Gasteiger partial charge in [0.2, 0.25) is 18.2 Å². The number of piperidine rings is 1. The zero-order valence-electron chi connectivity index (χ0n) is 22.6. The van der Waals surface area contributed by atoms with Crippen molar-refractivity contribution >= 4 is 41.3 Å². The largest absolute Gasteiger partial charge is 0.351 e. The van der Waals surface area contributed by atoms with Gasteiger partial charge in [-0.15, -0.1) is 0 Å². The maximum Gasteiger partial charge on any atom is 0.252 e. The molecule has 2 aromatic carbocycles. The number of carbonyl (C=O) groups excluding carboxylic acids is 3. The van der Waals surface area contributed by atoms with Crippen LogP contribution in [0.15, 0.2) is 72.9 Å². The summed E-state index contributed by atoms with van der Waals surface area (Å²) in [6.45, 7) is 0.371. The smallest absolute Gasteiger partial charge is 0.252 e. The molecule has 0 unspecified atom stereocenters. The molecule has 1 saturated heterocycles. The van der Waals surface area contributed by atoms with Gasteiger partial charge in [0, 0.05) is 48.8 Å². The molecule has 1 aliphatic carbocycles. The van der Waals surface area contributed by atoms with Crippen LogP contribution in [0.1, 0.15) is 37.7 Å². The van der Waals surface area contributed by atoms with Gasteiger partial charge in [-0.25, -0.2) is 18.2 Å². The van der Waals surface area contributed by atoms with E-state index in [2.05, 4.69) is 10.3 Å². The Morgan fingerprint density at radius 3 is 2.45 bits per heavy atom. The number of nitriles is 1. The number of anilines is 2. The van der Waals surface area contributed by atoms with Crippen LogP contribution in [-0.2, 0) is 14.4 Å². The summed E-state index contributed by atoms with van der Waals surface area (Å²) in [6, 6.07) is 19.4. The van der Waals surface area contributed by atoms with Crippen LogP contribution in [0.4, 0.5) is 24.7 Å². The van der Waals surface area contributed by atoms with Crippen molar-refractivity contribution in [1.82, 2.24) is 10.3 Å². The van der Waals surface area contributed by atoms with Gasteiger partial charge in [0.15, 0.2) is 0 Å². The minimum absolute atomic E-state index is 0.101. The fourth-order valence-corrected chi connectivity index (χ4v) is 4.28. The lowest BCUT2D eigenvalue weighted by atomic mass is 9.88. The Balaban J connectivity index is 0.000000192. The molecular formula is C30H29ClF3N5O3. The second-order valence-electron chi connectivity index (χ2n) is 9.55. The summed E-state index contributed by atoms with van der Waals surface area (Å²) in [5, 5.41) is 11.9. The van der Waals surface area contributed by atoms with E-state index in [1.54, 1.807) is 23.2 Å². The predicted molar refractivity (Wildman–Crippen MR) is 153 cm³/mol. The molecule has 220 valence electrons. The highest BCUT2D eigenvalue weighted by Gasteiger charge is 2.45. The number of halogens is 4. The van der Waals surface area contributed by atoms with Crippen molar-refractivity contribution in [2.75, 3.05) is 22.9 Å². The standard InChI is InChI=1S/C13H13F3N2O2.C11H11N3O.C6H5Cl/c14-9-2-1-3-11(4-9)18(8-19)7-12(20)17-10-5-13(15,16)6-10;12-8-9-4-5-13-10(7-9)14-6-2-1-3-11(14)15;7-6-4-2-1-3-5-6/h1-4,8,10H,5-7H2,(H,17,20);4-5,7H,1-3,6H2;1-5H. The Hall–Kier alpha value is -4.43. The third-order valence-corrected chi connectivity index (χ3v) is 6.50. The maximum absolute atomic E-state index is 13.0. The molecule has 3 amide bonds. The minimum atomic E-state index is -2.72. The molecule has 0 radical (unpaired) electrons. The number of hydrogen-bond acceptors (Lipinski definition) is 5. The number of rotatable bonds is 6. The molecule has 2 fully saturated rings. The molecule has 1 N–H and O–H groups in total. The Bertz CT molecular complexity index is 1400. The Kier molecular flexibility index (Phi) is 11.9. The molecule has 42 heavy (non-hydrogen) atoms. The Morgan fingerprint density at radius 1 is 1.14 bits per heavy atom. The van der Waals surface area contributed by atoms with Gasteiger partial charge in [-0.05, 0) is 55.3 Å². The highest BCUT2D eigenvalue weighted by molar-refractivity contribution is 6.30. The second kappa shape index (κ2) is 15.5. The van der Waals surface area contributed by atoms with E-state index in [9.17, 15) is 27.6 Å². The molecule has 1 aliphatic heterocycles. The average molecular weight is 600 g/mol. The van der Waals surface area contributed by atoms with Gasteiger partial charge in [-0.1, -0.05) is 35.9 Å². The van der Waals surface area contributed by atoms with Gasteiger partial charge in [0.25, 0.3) is 5.92 Å². The summed E-state index contributed by atoms with van der Waals surface area (Å²) in [5.74, 6) is -3.11. The van der Waals surface area contributed by atoms with Crippen LogP contribution in [0, 0.1) is 17.1 Å². The van der Waals surface area contributed by atoms with Crippen LogP contribution >= 0.6 is 11.6 Å². The maximum atomic E-state index is 13.0. The average Bonchev–Trinajstić information content (AvgIpc) is 2.96. The predicted octanol–water partition coefficient (Wildman–Crippen LogP) is 5.51. The van der Waals surface area contributed by atoms with Gasteiger partial charge in [-0.3, -0.25) is 19.3 Å². The lowest BCUT2D eigenvalue weighted by Gasteiger charge is -2.35. The van der Waals surface area contributed by atoms with Crippen LogP contribution in [-0.4, -0.2) is 48.3 Å². The molecule has 0 atom stereocenters. The molecule has 2 aliphatic rings. The van der Waals surface area contributed by atoms with Crippen molar-refractivity contribution in [2.45, 2.75) is 44.1 Å². The summed E-state index contributed by atoms with van der Waals surface area (Å²) in [6.07, 6.45) is 3.72. The second-order valence-corrected chi connectivity index (χ2v) is 9.99. The summed E-state index contributed by atoms with van der Waals surface area (Å²) in [5.41, 5.74) is 0.771. The van der Waals surface area contributed by atoms with Gasteiger partial charge >= 0.3 is 0 Å². The number of nitrogens with one attached hydrogen (secondary N) is 1. The summed E-state index contributed by atoms with van der Waals surface area (Å²) in [4.78, 5) is 40.9. The van der Waals surface area contributed by atoms with Crippen LogP contribution < -0.4 is 15.1 Å². The fourth-order valence-electron chi connectivity index (χ4n) is 4.13. The first-order valence-electron chi connectivity index (χ1n) is 13.1. The van der Waals surface area contributed by atoms with Gasteiger partial charge in [0.1, 0.15) is 18.2 Å². The zero-order chi connectivity index (χ0) is 30.5. The fraction of sp³-hybridized carbons (Fsp3) is 0.300. The first kappa shape index (κ1) is 32.1. The molecule has 12 heteroatoms. The normalized spacial score (nSPS) is 15.4. The Labute approximate surface area is 246 Å². The number of carbonyl (C=O) groups is 3. The summed E-state index contributed by atoms with van der Waals surface area (Å²) in [7, 11) is 0. The lowest BCUT2D eigenvalue weighted by molar-refractivity contribution is -0.128. The first-order chi connectivity index (χ1) is 20.1. The molecule has 1 saturated carbocycles. The number of pyridine rings is 1. The number of hydrogen-bond donors (Lipinski definition) is 1.